The fraction of sp³-hybridized carbons (Fsp3) is 0.333. The number of hydrogen-bond acceptors (Lipinski definition) is 7. The molecule has 3 rings (SSSR count). The Morgan fingerprint density at radius 2 is 1.69 bits per heavy atom. The standard InChI is InChI=1S/C21H23NO7/c1-26-15-4-5-16(17(23)10-15)21(25)29-12-20(24)22-7-6-13-8-18(27-2)19(28-3)9-14(13)11-22/h4-5,8-10,23H,6-7,11-12H2,1-3H3. The molecule has 1 aliphatic rings. The van der Waals surface area contributed by atoms with E-state index in [1.165, 1.54) is 25.3 Å². The van der Waals surface area contributed by atoms with E-state index in [9.17, 15) is 14.7 Å². The zero-order chi connectivity index (χ0) is 21.0. The number of carbonyl (C=O) groups is 2. The normalized spacial score (nSPS) is 12.7. The molecule has 0 aliphatic carbocycles. The van der Waals surface area contributed by atoms with Gasteiger partial charge in [-0.05, 0) is 41.8 Å². The number of phenols is 1. The SMILES string of the molecule is COc1ccc(C(=O)OCC(=O)N2CCc3cc(OC)c(OC)cc3C2)c(O)c1. The first-order valence-corrected chi connectivity index (χ1v) is 9.02. The van der Waals surface area contributed by atoms with Crippen LogP contribution < -0.4 is 14.2 Å². The van der Waals surface area contributed by atoms with Crippen LogP contribution in [0, 0.1) is 0 Å². The van der Waals surface area contributed by atoms with Gasteiger partial charge in [0.1, 0.15) is 17.1 Å². The summed E-state index contributed by atoms with van der Waals surface area (Å²) in [6, 6.07) is 8.00. The molecule has 0 spiro atoms. The number of rotatable bonds is 6. The minimum Gasteiger partial charge on any atom is -0.507 e. The summed E-state index contributed by atoms with van der Waals surface area (Å²) in [5.41, 5.74) is 2.02. The average molecular weight is 401 g/mol. The van der Waals surface area contributed by atoms with E-state index in [1.807, 2.05) is 12.1 Å². The summed E-state index contributed by atoms with van der Waals surface area (Å²) in [7, 11) is 4.59. The zero-order valence-electron chi connectivity index (χ0n) is 16.6. The van der Waals surface area contributed by atoms with E-state index in [1.54, 1.807) is 19.1 Å². The van der Waals surface area contributed by atoms with Gasteiger partial charge in [0.25, 0.3) is 5.91 Å². The summed E-state index contributed by atoms with van der Waals surface area (Å²) in [5.74, 6) is 0.305. The molecule has 154 valence electrons. The van der Waals surface area contributed by atoms with Gasteiger partial charge in [0.2, 0.25) is 0 Å². The quantitative estimate of drug-likeness (QED) is 0.741. The summed E-state index contributed by atoms with van der Waals surface area (Å²) < 4.78 is 20.7. The van der Waals surface area contributed by atoms with Crippen molar-refractivity contribution in [1.82, 2.24) is 4.90 Å². The molecule has 2 aromatic carbocycles. The lowest BCUT2D eigenvalue weighted by molar-refractivity contribution is -0.135. The number of hydrogen-bond donors (Lipinski definition) is 1. The molecular formula is C21H23NO7. The highest BCUT2D eigenvalue weighted by molar-refractivity contribution is 5.94. The first kappa shape index (κ1) is 20.3. The predicted molar refractivity (Wildman–Crippen MR) is 104 cm³/mol. The van der Waals surface area contributed by atoms with Gasteiger partial charge >= 0.3 is 5.97 Å². The highest BCUT2D eigenvalue weighted by Gasteiger charge is 2.24. The number of amides is 1. The van der Waals surface area contributed by atoms with Gasteiger partial charge in [0.05, 0.1) is 21.3 Å². The number of fused-ring (bicyclic) bond motifs is 1. The summed E-state index contributed by atoms with van der Waals surface area (Å²) >= 11 is 0. The molecule has 8 heteroatoms. The van der Waals surface area contributed by atoms with Crippen LogP contribution in [-0.4, -0.2) is 56.4 Å². The number of benzene rings is 2. The largest absolute Gasteiger partial charge is 0.507 e. The third kappa shape index (κ3) is 4.37. The van der Waals surface area contributed by atoms with Gasteiger partial charge in [0.15, 0.2) is 18.1 Å². The van der Waals surface area contributed by atoms with Crippen molar-refractivity contribution in [2.45, 2.75) is 13.0 Å². The average Bonchev–Trinajstić information content (AvgIpc) is 2.75. The van der Waals surface area contributed by atoms with Crippen LogP contribution in [-0.2, 0) is 22.5 Å². The van der Waals surface area contributed by atoms with E-state index in [2.05, 4.69) is 0 Å². The number of ether oxygens (including phenoxy) is 4. The maximum absolute atomic E-state index is 12.5. The lowest BCUT2D eigenvalue weighted by Gasteiger charge is -2.29. The molecule has 1 amide bonds. The Kier molecular flexibility index (Phi) is 6.11. The Bertz CT molecular complexity index is 925. The van der Waals surface area contributed by atoms with Gasteiger partial charge in [-0.2, -0.15) is 0 Å². The van der Waals surface area contributed by atoms with Gasteiger partial charge in [-0.3, -0.25) is 4.79 Å². The topological polar surface area (TPSA) is 94.5 Å². The summed E-state index contributed by atoms with van der Waals surface area (Å²) in [4.78, 5) is 26.3. The van der Waals surface area contributed by atoms with E-state index in [0.29, 0.717) is 36.8 Å². The van der Waals surface area contributed by atoms with E-state index < -0.39 is 12.6 Å². The Balaban J connectivity index is 1.63. The van der Waals surface area contributed by atoms with Crippen LogP contribution in [0.5, 0.6) is 23.0 Å². The molecule has 0 aromatic heterocycles. The van der Waals surface area contributed by atoms with Crippen LogP contribution >= 0.6 is 0 Å². The van der Waals surface area contributed by atoms with Crippen molar-refractivity contribution < 1.29 is 33.6 Å². The van der Waals surface area contributed by atoms with E-state index in [0.717, 1.165) is 11.1 Å². The Morgan fingerprint density at radius 1 is 1.00 bits per heavy atom. The minimum absolute atomic E-state index is 0.0283. The second kappa shape index (κ2) is 8.72. The van der Waals surface area contributed by atoms with Gasteiger partial charge in [0, 0.05) is 19.2 Å². The highest BCUT2D eigenvalue weighted by atomic mass is 16.5. The number of phenolic OH excluding ortho intramolecular Hbond substituents is 1. The van der Waals surface area contributed by atoms with Crippen molar-refractivity contribution in [2.75, 3.05) is 34.5 Å². The maximum atomic E-state index is 12.5. The fourth-order valence-electron chi connectivity index (χ4n) is 3.20. The highest BCUT2D eigenvalue weighted by Crippen LogP contribution is 2.33. The predicted octanol–water partition coefficient (Wildman–Crippen LogP) is 2.16. The van der Waals surface area contributed by atoms with Crippen LogP contribution in [0.15, 0.2) is 30.3 Å². The monoisotopic (exact) mass is 401 g/mol. The number of nitrogens with zero attached hydrogens (tertiary/aromatic N) is 1. The minimum atomic E-state index is -0.776. The van der Waals surface area contributed by atoms with Gasteiger partial charge < -0.3 is 29.0 Å². The number of methoxy groups -OCH3 is 3. The second-order valence-corrected chi connectivity index (χ2v) is 6.50. The molecule has 0 radical (unpaired) electrons. The van der Waals surface area contributed by atoms with E-state index in [4.69, 9.17) is 18.9 Å². The zero-order valence-corrected chi connectivity index (χ0v) is 16.6. The second-order valence-electron chi connectivity index (χ2n) is 6.50. The molecule has 0 saturated heterocycles. The van der Waals surface area contributed by atoms with Crippen molar-refractivity contribution in [3.05, 3.63) is 47.0 Å². The van der Waals surface area contributed by atoms with E-state index in [-0.39, 0.29) is 17.2 Å². The Hall–Kier alpha value is -3.42. The molecular weight excluding hydrogens is 378 g/mol. The van der Waals surface area contributed by atoms with Gasteiger partial charge in [-0.15, -0.1) is 0 Å². The number of esters is 1. The van der Waals surface area contributed by atoms with Crippen LogP contribution in [0.1, 0.15) is 21.5 Å². The first-order chi connectivity index (χ1) is 14.0. The molecule has 0 saturated carbocycles. The molecule has 0 fully saturated rings. The molecule has 2 aromatic rings. The number of aromatic hydroxyl groups is 1. The van der Waals surface area contributed by atoms with Crippen molar-refractivity contribution in [2.24, 2.45) is 0 Å². The van der Waals surface area contributed by atoms with Crippen molar-refractivity contribution in [3.63, 3.8) is 0 Å². The van der Waals surface area contributed by atoms with Crippen molar-refractivity contribution in [3.8, 4) is 23.0 Å². The van der Waals surface area contributed by atoms with Gasteiger partial charge in [-0.1, -0.05) is 0 Å². The lowest BCUT2D eigenvalue weighted by Crippen LogP contribution is -2.38. The molecule has 29 heavy (non-hydrogen) atoms. The fourth-order valence-corrected chi connectivity index (χ4v) is 3.20. The Labute approximate surface area is 168 Å². The molecule has 0 atom stereocenters. The lowest BCUT2D eigenvalue weighted by atomic mass is 9.99. The summed E-state index contributed by atoms with van der Waals surface area (Å²) in [5, 5.41) is 9.91. The van der Waals surface area contributed by atoms with E-state index >= 15 is 0 Å². The molecule has 0 unspecified atom stereocenters. The number of carbonyl (C=O) groups excluding carboxylic acids is 2. The molecule has 1 N–H and O–H groups in total. The third-order valence-electron chi connectivity index (χ3n) is 4.82. The van der Waals surface area contributed by atoms with Crippen LogP contribution in [0.25, 0.3) is 0 Å². The molecule has 8 nitrogen and oxygen atoms in total. The van der Waals surface area contributed by atoms with Crippen molar-refractivity contribution in [1.29, 1.82) is 0 Å². The van der Waals surface area contributed by atoms with Crippen LogP contribution in [0.3, 0.4) is 0 Å². The van der Waals surface area contributed by atoms with Crippen molar-refractivity contribution >= 4 is 11.9 Å². The molecule has 1 heterocycles. The maximum Gasteiger partial charge on any atom is 0.342 e. The Morgan fingerprint density at radius 3 is 2.31 bits per heavy atom. The summed E-state index contributed by atoms with van der Waals surface area (Å²) in [6.07, 6.45) is 0.661. The van der Waals surface area contributed by atoms with Gasteiger partial charge in [-0.25, -0.2) is 4.79 Å². The third-order valence-corrected chi connectivity index (χ3v) is 4.82. The summed E-state index contributed by atoms with van der Waals surface area (Å²) in [6.45, 7) is 0.486. The molecule has 0 bridgehead atoms. The first-order valence-electron chi connectivity index (χ1n) is 9.02. The van der Waals surface area contributed by atoms with Crippen LogP contribution in [0.4, 0.5) is 0 Å². The molecule has 1 aliphatic heterocycles. The van der Waals surface area contributed by atoms with Crippen LogP contribution in [0.2, 0.25) is 0 Å². The smallest absolute Gasteiger partial charge is 0.342 e.